The molecule has 23 heavy (non-hydrogen) atoms. The van der Waals surface area contributed by atoms with Gasteiger partial charge in [-0.15, -0.1) is 0 Å². The Balaban J connectivity index is 2.06. The molecule has 0 saturated heterocycles. The predicted octanol–water partition coefficient (Wildman–Crippen LogP) is 3.97. The van der Waals surface area contributed by atoms with Gasteiger partial charge in [-0.2, -0.15) is 0 Å². The van der Waals surface area contributed by atoms with Crippen molar-refractivity contribution in [3.8, 4) is 0 Å². The van der Waals surface area contributed by atoms with E-state index in [0.29, 0.717) is 16.1 Å². The van der Waals surface area contributed by atoms with Crippen LogP contribution in [-0.2, 0) is 5.75 Å². The summed E-state index contributed by atoms with van der Waals surface area (Å²) in [5.41, 5.74) is 1.29. The van der Waals surface area contributed by atoms with E-state index in [0.717, 1.165) is 24.3 Å². The first-order valence-electron chi connectivity index (χ1n) is 7.20. The van der Waals surface area contributed by atoms with Crippen molar-refractivity contribution < 1.29 is 9.90 Å². The standard InChI is InChI=1S/C16H18ClN3O2S/c1-3-8-20(2)14-9-13(17)18-16(19-14)23-10-11-4-6-12(7-5-11)15(21)22/h4-7,9H,3,8,10H2,1-2H3,(H,21,22). The van der Waals surface area contributed by atoms with Crippen LogP contribution in [0.4, 0.5) is 5.82 Å². The van der Waals surface area contributed by atoms with Crippen molar-refractivity contribution in [2.75, 3.05) is 18.5 Å². The third-order valence-corrected chi connectivity index (χ3v) is 4.29. The molecule has 2 aromatic rings. The lowest BCUT2D eigenvalue weighted by Gasteiger charge is -2.17. The third-order valence-electron chi connectivity index (χ3n) is 3.18. The first-order chi connectivity index (χ1) is 11.0. The van der Waals surface area contributed by atoms with Gasteiger partial charge in [0.25, 0.3) is 0 Å². The summed E-state index contributed by atoms with van der Waals surface area (Å²) in [6.45, 7) is 3.00. The predicted molar refractivity (Wildman–Crippen MR) is 93.6 cm³/mol. The van der Waals surface area contributed by atoms with Crippen LogP contribution in [0.15, 0.2) is 35.5 Å². The van der Waals surface area contributed by atoms with Crippen LogP contribution in [0.2, 0.25) is 5.15 Å². The molecule has 0 bridgehead atoms. The van der Waals surface area contributed by atoms with Crippen LogP contribution in [0.3, 0.4) is 0 Å². The fourth-order valence-corrected chi connectivity index (χ4v) is 3.02. The summed E-state index contributed by atoms with van der Waals surface area (Å²) in [6.07, 6.45) is 1.02. The van der Waals surface area contributed by atoms with Crippen molar-refractivity contribution >= 4 is 35.1 Å². The molecule has 0 aliphatic heterocycles. The van der Waals surface area contributed by atoms with Gasteiger partial charge < -0.3 is 10.0 Å². The Morgan fingerprint density at radius 3 is 2.61 bits per heavy atom. The molecule has 0 unspecified atom stereocenters. The second-order valence-corrected chi connectivity index (χ2v) is 6.37. The maximum atomic E-state index is 10.8. The largest absolute Gasteiger partial charge is 0.478 e. The number of aromatic carboxylic acids is 1. The van der Waals surface area contributed by atoms with Gasteiger partial charge >= 0.3 is 5.97 Å². The fourth-order valence-electron chi connectivity index (χ4n) is 1.99. The van der Waals surface area contributed by atoms with Crippen molar-refractivity contribution in [2.24, 2.45) is 0 Å². The van der Waals surface area contributed by atoms with Crippen LogP contribution in [0.25, 0.3) is 0 Å². The first-order valence-corrected chi connectivity index (χ1v) is 8.56. The number of hydrogen-bond acceptors (Lipinski definition) is 5. The maximum Gasteiger partial charge on any atom is 0.335 e. The van der Waals surface area contributed by atoms with Crippen molar-refractivity contribution in [1.29, 1.82) is 0 Å². The molecule has 122 valence electrons. The van der Waals surface area contributed by atoms with E-state index in [-0.39, 0.29) is 5.56 Å². The molecule has 0 atom stereocenters. The summed E-state index contributed by atoms with van der Waals surface area (Å²) in [7, 11) is 1.97. The Morgan fingerprint density at radius 2 is 2.00 bits per heavy atom. The van der Waals surface area contributed by atoms with Crippen molar-refractivity contribution in [2.45, 2.75) is 24.3 Å². The highest BCUT2D eigenvalue weighted by molar-refractivity contribution is 7.98. The first kappa shape index (κ1) is 17.6. The van der Waals surface area contributed by atoms with Gasteiger partial charge in [0.05, 0.1) is 5.56 Å². The zero-order valence-electron chi connectivity index (χ0n) is 13.0. The van der Waals surface area contributed by atoms with Gasteiger partial charge in [-0.25, -0.2) is 14.8 Å². The number of carboxylic acid groups (broad SMARTS) is 1. The number of rotatable bonds is 7. The number of aromatic nitrogens is 2. The van der Waals surface area contributed by atoms with Gasteiger partial charge in [-0.3, -0.25) is 0 Å². The van der Waals surface area contributed by atoms with Crippen molar-refractivity contribution in [3.63, 3.8) is 0 Å². The summed E-state index contributed by atoms with van der Waals surface area (Å²) < 4.78 is 0. The molecule has 0 spiro atoms. The number of anilines is 1. The van der Waals surface area contributed by atoms with Crippen molar-refractivity contribution in [3.05, 3.63) is 46.6 Å². The minimum Gasteiger partial charge on any atom is -0.478 e. The summed E-state index contributed by atoms with van der Waals surface area (Å²) in [4.78, 5) is 21.6. The SMILES string of the molecule is CCCN(C)c1cc(Cl)nc(SCc2ccc(C(=O)O)cc2)n1. The monoisotopic (exact) mass is 351 g/mol. The van der Waals surface area contributed by atoms with E-state index in [1.807, 2.05) is 11.9 Å². The molecule has 0 fully saturated rings. The van der Waals surface area contributed by atoms with Gasteiger partial charge in [0.2, 0.25) is 0 Å². The lowest BCUT2D eigenvalue weighted by molar-refractivity contribution is 0.0697. The molecular weight excluding hydrogens is 334 g/mol. The average Bonchev–Trinajstić information content (AvgIpc) is 2.53. The number of thioether (sulfide) groups is 1. The van der Waals surface area contributed by atoms with E-state index < -0.39 is 5.97 Å². The Bertz CT molecular complexity index is 680. The molecule has 0 saturated carbocycles. The molecule has 1 N–H and O–H groups in total. The molecule has 0 amide bonds. The number of hydrogen-bond donors (Lipinski definition) is 1. The van der Waals surface area contributed by atoms with E-state index in [2.05, 4.69) is 16.9 Å². The highest BCUT2D eigenvalue weighted by atomic mass is 35.5. The second kappa shape index (κ2) is 8.17. The Kier molecular flexibility index (Phi) is 6.24. The number of carboxylic acids is 1. The van der Waals surface area contributed by atoms with Gasteiger partial charge in [0, 0.05) is 25.4 Å². The van der Waals surface area contributed by atoms with Gasteiger partial charge in [-0.1, -0.05) is 42.4 Å². The van der Waals surface area contributed by atoms with E-state index >= 15 is 0 Å². The van der Waals surface area contributed by atoms with E-state index in [1.54, 1.807) is 30.3 Å². The summed E-state index contributed by atoms with van der Waals surface area (Å²) in [5.74, 6) is 0.526. The van der Waals surface area contributed by atoms with E-state index in [4.69, 9.17) is 16.7 Å². The number of carbonyl (C=O) groups is 1. The molecule has 0 aliphatic rings. The number of halogens is 1. The average molecular weight is 352 g/mol. The summed E-state index contributed by atoms with van der Waals surface area (Å²) >= 11 is 7.55. The van der Waals surface area contributed by atoms with Crippen LogP contribution in [0.1, 0.15) is 29.3 Å². The van der Waals surface area contributed by atoms with Crippen LogP contribution in [-0.4, -0.2) is 34.6 Å². The highest BCUT2D eigenvalue weighted by Gasteiger charge is 2.08. The molecule has 1 aromatic carbocycles. The zero-order chi connectivity index (χ0) is 16.8. The fraction of sp³-hybridized carbons (Fsp3) is 0.312. The highest BCUT2D eigenvalue weighted by Crippen LogP contribution is 2.24. The van der Waals surface area contributed by atoms with E-state index in [9.17, 15) is 4.79 Å². The molecule has 7 heteroatoms. The second-order valence-electron chi connectivity index (χ2n) is 5.04. The summed E-state index contributed by atoms with van der Waals surface area (Å²) in [5, 5.41) is 9.92. The Morgan fingerprint density at radius 1 is 1.30 bits per heavy atom. The smallest absolute Gasteiger partial charge is 0.335 e. The maximum absolute atomic E-state index is 10.8. The van der Waals surface area contributed by atoms with Crippen LogP contribution in [0, 0.1) is 0 Å². The molecule has 1 aromatic heterocycles. The molecular formula is C16H18ClN3O2S. The molecule has 0 aliphatic carbocycles. The van der Waals surface area contributed by atoms with Crippen LogP contribution < -0.4 is 4.90 Å². The van der Waals surface area contributed by atoms with Gasteiger partial charge in [-0.05, 0) is 24.1 Å². The summed E-state index contributed by atoms with van der Waals surface area (Å²) in [6, 6.07) is 8.54. The van der Waals surface area contributed by atoms with Gasteiger partial charge in [0.1, 0.15) is 11.0 Å². The lowest BCUT2D eigenvalue weighted by atomic mass is 10.1. The number of nitrogens with zero attached hydrogens (tertiary/aromatic N) is 3. The molecule has 2 rings (SSSR count). The molecule has 0 radical (unpaired) electrons. The lowest BCUT2D eigenvalue weighted by Crippen LogP contribution is -2.19. The van der Waals surface area contributed by atoms with Crippen molar-refractivity contribution in [1.82, 2.24) is 9.97 Å². The minimum absolute atomic E-state index is 0.279. The van der Waals surface area contributed by atoms with Gasteiger partial charge in [0.15, 0.2) is 5.16 Å². The molecule has 1 heterocycles. The quantitative estimate of drug-likeness (QED) is 0.462. The molecule has 5 nitrogen and oxygen atoms in total. The Labute approximate surface area is 144 Å². The normalized spacial score (nSPS) is 10.6. The van der Waals surface area contributed by atoms with Crippen LogP contribution >= 0.6 is 23.4 Å². The number of benzene rings is 1. The third kappa shape index (κ3) is 5.11. The zero-order valence-corrected chi connectivity index (χ0v) is 14.6. The Hall–Kier alpha value is -1.79. The minimum atomic E-state index is -0.925. The topological polar surface area (TPSA) is 66.3 Å². The van der Waals surface area contributed by atoms with Crippen LogP contribution in [0.5, 0.6) is 0 Å². The van der Waals surface area contributed by atoms with E-state index in [1.165, 1.54) is 11.8 Å².